The average Bonchev–Trinajstić information content (AvgIpc) is 3.21. The van der Waals surface area contributed by atoms with Crippen LogP contribution in [-0.4, -0.2) is 40.8 Å². The lowest BCUT2D eigenvalue weighted by atomic mass is 9.97. The second kappa shape index (κ2) is 10.7. The van der Waals surface area contributed by atoms with Crippen LogP contribution in [0, 0.1) is 5.41 Å². The Morgan fingerprint density at radius 2 is 1.74 bits per heavy atom. The van der Waals surface area contributed by atoms with E-state index in [4.69, 9.17) is 19.3 Å². The topological polar surface area (TPSA) is 90.0 Å². The Labute approximate surface area is 205 Å². The molecule has 1 aromatic carbocycles. The first-order valence-electron chi connectivity index (χ1n) is 11.5. The van der Waals surface area contributed by atoms with Crippen LogP contribution in [0.1, 0.15) is 71.0 Å². The molecule has 1 aliphatic heterocycles. The first-order valence-corrected chi connectivity index (χ1v) is 12.4. The van der Waals surface area contributed by atoms with Gasteiger partial charge in [0.15, 0.2) is 0 Å². The Morgan fingerprint density at radius 1 is 1.09 bits per heavy atom. The number of nitrogens with one attached hydrogen (secondary N) is 1. The predicted octanol–water partition coefficient (Wildman–Crippen LogP) is 5.75. The normalized spacial score (nSPS) is 15.6. The number of hydroxylamine groups is 2. The fourth-order valence-corrected chi connectivity index (χ4v) is 4.21. The smallest absolute Gasteiger partial charge is 0.412 e. The number of anilines is 1. The molecule has 2 heterocycles. The van der Waals surface area contributed by atoms with Crippen LogP contribution in [0.25, 0.3) is 0 Å². The maximum Gasteiger partial charge on any atom is 0.412 e. The van der Waals surface area contributed by atoms with Crippen LogP contribution in [0.3, 0.4) is 0 Å². The molecular formula is C25H35N3O5S. The highest BCUT2D eigenvalue weighted by Crippen LogP contribution is 2.31. The number of carbonyl (C=O) groups is 2. The van der Waals surface area contributed by atoms with Gasteiger partial charge in [-0.3, -0.25) is 5.32 Å². The van der Waals surface area contributed by atoms with Crippen LogP contribution in [-0.2, 0) is 21.0 Å². The van der Waals surface area contributed by atoms with Crippen molar-refractivity contribution in [3.8, 4) is 5.75 Å². The van der Waals surface area contributed by atoms with E-state index in [-0.39, 0.29) is 5.97 Å². The second-order valence-corrected chi connectivity index (χ2v) is 11.3. The average molecular weight is 490 g/mol. The highest BCUT2D eigenvalue weighted by atomic mass is 32.1. The van der Waals surface area contributed by atoms with Gasteiger partial charge in [-0.2, -0.15) is 0 Å². The lowest BCUT2D eigenvalue weighted by molar-refractivity contribution is -0.204. The van der Waals surface area contributed by atoms with Crippen molar-refractivity contribution in [3.63, 3.8) is 0 Å². The number of hydrogen-bond acceptors (Lipinski definition) is 8. The molecule has 1 amide bonds. The minimum absolute atomic E-state index is 0.201. The molecule has 186 valence electrons. The number of hydrogen-bond donors (Lipinski definition) is 1. The van der Waals surface area contributed by atoms with Crippen molar-refractivity contribution >= 4 is 29.1 Å². The summed E-state index contributed by atoms with van der Waals surface area (Å²) in [5.41, 5.74) is 0.473. The van der Waals surface area contributed by atoms with Gasteiger partial charge in [-0.05, 0) is 78.6 Å². The van der Waals surface area contributed by atoms with Crippen molar-refractivity contribution in [3.05, 3.63) is 40.3 Å². The van der Waals surface area contributed by atoms with Crippen molar-refractivity contribution in [2.24, 2.45) is 5.41 Å². The minimum Gasteiger partial charge on any atom is -0.487 e. The quantitative estimate of drug-likeness (QED) is 0.552. The number of rotatable bonds is 6. The fourth-order valence-electron chi connectivity index (χ4n) is 3.24. The van der Waals surface area contributed by atoms with Crippen molar-refractivity contribution in [1.82, 2.24) is 10.0 Å². The summed E-state index contributed by atoms with van der Waals surface area (Å²) in [4.78, 5) is 34.2. The highest BCUT2D eigenvalue weighted by molar-refractivity contribution is 7.09. The van der Waals surface area contributed by atoms with E-state index in [0.29, 0.717) is 37.1 Å². The SMILES string of the molecule is CC(C)(C)OC(=O)Nc1ccc(OCc2csc(C3CCN(OC(=O)C(C)(C)C)CC3)n2)cc1. The third-order valence-corrected chi connectivity index (χ3v) is 6.14. The van der Waals surface area contributed by atoms with E-state index < -0.39 is 17.1 Å². The molecule has 0 bridgehead atoms. The Morgan fingerprint density at radius 3 is 2.32 bits per heavy atom. The zero-order valence-corrected chi connectivity index (χ0v) is 21.7. The molecule has 0 spiro atoms. The summed E-state index contributed by atoms with van der Waals surface area (Å²) in [6, 6.07) is 7.14. The van der Waals surface area contributed by atoms with E-state index in [0.717, 1.165) is 23.5 Å². The molecular weight excluding hydrogens is 454 g/mol. The Hall–Kier alpha value is -2.65. The van der Waals surface area contributed by atoms with E-state index in [1.165, 1.54) is 0 Å². The standard InChI is InChI=1S/C25H35N3O5S/c1-24(2,3)22(29)33-28-13-11-17(12-14-28)21-26-19(16-34-21)15-31-20-9-7-18(8-10-20)27-23(30)32-25(4,5)6/h7-10,16-17H,11-15H2,1-6H3,(H,27,30). The van der Waals surface area contributed by atoms with E-state index >= 15 is 0 Å². The maximum absolute atomic E-state index is 12.1. The van der Waals surface area contributed by atoms with Gasteiger partial charge in [0, 0.05) is 30.1 Å². The van der Waals surface area contributed by atoms with E-state index in [9.17, 15) is 9.59 Å². The molecule has 1 fully saturated rings. The van der Waals surface area contributed by atoms with Gasteiger partial charge in [-0.1, -0.05) is 0 Å². The Balaban J connectivity index is 1.44. The van der Waals surface area contributed by atoms with Gasteiger partial charge in [0.1, 0.15) is 18.0 Å². The van der Waals surface area contributed by atoms with Gasteiger partial charge in [0.25, 0.3) is 0 Å². The molecule has 0 unspecified atom stereocenters. The van der Waals surface area contributed by atoms with Crippen LogP contribution in [0.15, 0.2) is 29.6 Å². The Bertz CT molecular complexity index is 968. The number of benzene rings is 1. The summed E-state index contributed by atoms with van der Waals surface area (Å²) in [5, 5.41) is 7.59. The van der Waals surface area contributed by atoms with Gasteiger partial charge in [0.05, 0.1) is 16.1 Å². The molecule has 1 aromatic heterocycles. The number of amides is 1. The van der Waals surface area contributed by atoms with Crippen molar-refractivity contribution in [1.29, 1.82) is 0 Å². The first-order chi connectivity index (χ1) is 15.9. The zero-order valence-electron chi connectivity index (χ0n) is 20.8. The third kappa shape index (κ3) is 7.99. The summed E-state index contributed by atoms with van der Waals surface area (Å²) in [5.74, 6) is 0.855. The molecule has 3 rings (SSSR count). The molecule has 0 radical (unpaired) electrons. The molecule has 8 nitrogen and oxygen atoms in total. The Kier molecular flexibility index (Phi) is 8.20. The number of aromatic nitrogens is 1. The summed E-state index contributed by atoms with van der Waals surface area (Å²) in [7, 11) is 0. The van der Waals surface area contributed by atoms with Crippen LogP contribution in [0.5, 0.6) is 5.75 Å². The summed E-state index contributed by atoms with van der Waals surface area (Å²) in [6.07, 6.45) is 1.31. The molecule has 2 aromatic rings. The monoisotopic (exact) mass is 489 g/mol. The van der Waals surface area contributed by atoms with Gasteiger partial charge >= 0.3 is 12.1 Å². The van der Waals surface area contributed by atoms with Gasteiger partial charge < -0.3 is 14.3 Å². The summed E-state index contributed by atoms with van der Waals surface area (Å²) in [6.45, 7) is 12.8. The van der Waals surface area contributed by atoms with Crippen LogP contribution >= 0.6 is 11.3 Å². The van der Waals surface area contributed by atoms with Gasteiger partial charge in [-0.15, -0.1) is 16.4 Å². The van der Waals surface area contributed by atoms with E-state index in [1.807, 2.05) is 46.9 Å². The predicted molar refractivity (Wildman–Crippen MR) is 132 cm³/mol. The summed E-state index contributed by atoms with van der Waals surface area (Å²) >= 11 is 1.65. The van der Waals surface area contributed by atoms with Crippen molar-refractivity contribution < 1.29 is 23.9 Å². The number of piperidine rings is 1. The first kappa shape index (κ1) is 26.0. The molecule has 0 atom stereocenters. The number of thiazole rings is 1. The van der Waals surface area contributed by atoms with Crippen LogP contribution in [0.4, 0.5) is 10.5 Å². The molecule has 0 saturated carbocycles. The molecule has 1 saturated heterocycles. The van der Waals surface area contributed by atoms with Crippen molar-refractivity contribution in [2.45, 2.75) is 72.5 Å². The zero-order chi connectivity index (χ0) is 24.9. The van der Waals surface area contributed by atoms with Crippen molar-refractivity contribution in [2.75, 3.05) is 18.4 Å². The fraction of sp³-hybridized carbons (Fsp3) is 0.560. The van der Waals surface area contributed by atoms with Gasteiger partial charge in [-0.25, -0.2) is 14.6 Å². The molecule has 1 aliphatic rings. The number of nitrogens with zero attached hydrogens (tertiary/aromatic N) is 2. The third-order valence-electron chi connectivity index (χ3n) is 5.08. The minimum atomic E-state index is -0.546. The lowest BCUT2D eigenvalue weighted by Crippen LogP contribution is -2.38. The van der Waals surface area contributed by atoms with E-state index in [1.54, 1.807) is 40.7 Å². The van der Waals surface area contributed by atoms with E-state index in [2.05, 4.69) is 5.32 Å². The lowest BCUT2D eigenvalue weighted by Gasteiger charge is -2.31. The molecule has 9 heteroatoms. The molecule has 1 N–H and O–H groups in total. The van der Waals surface area contributed by atoms with Crippen LogP contribution < -0.4 is 10.1 Å². The van der Waals surface area contributed by atoms with Gasteiger partial charge in [0.2, 0.25) is 0 Å². The maximum atomic E-state index is 12.1. The molecule has 0 aliphatic carbocycles. The second-order valence-electron chi connectivity index (χ2n) is 10.4. The largest absolute Gasteiger partial charge is 0.487 e. The highest BCUT2D eigenvalue weighted by Gasteiger charge is 2.29. The summed E-state index contributed by atoms with van der Waals surface area (Å²) < 4.78 is 11.1. The number of carbonyl (C=O) groups excluding carboxylic acids is 2. The molecule has 34 heavy (non-hydrogen) atoms. The number of ether oxygens (including phenoxy) is 2. The van der Waals surface area contributed by atoms with Crippen LogP contribution in [0.2, 0.25) is 0 Å².